The van der Waals surface area contributed by atoms with E-state index in [9.17, 15) is 22.8 Å². The normalized spacial score (nSPS) is 19.9. The number of hydrogen-bond acceptors (Lipinski definition) is 9. The molecule has 0 spiro atoms. The van der Waals surface area contributed by atoms with Crippen molar-refractivity contribution in [2.45, 2.75) is 74.8 Å². The SMILES string of the molecule is CC(C)(C)OC(=O)[C@H](Cc1ccc(CC(=O)N2CCNCC2)cc1)NC(=O)[C@H]1N(S(=O)(=O)c2cccnc2)CSC1(C)C. The Morgan fingerprint density at radius 2 is 1.77 bits per heavy atom. The zero-order valence-corrected chi connectivity index (χ0v) is 27.0. The van der Waals surface area contributed by atoms with Crippen LogP contribution in [0.5, 0.6) is 0 Å². The Kier molecular flexibility index (Phi) is 10.2. The summed E-state index contributed by atoms with van der Waals surface area (Å²) in [5.74, 6) is -1.07. The van der Waals surface area contributed by atoms with E-state index in [1.165, 1.54) is 40.6 Å². The van der Waals surface area contributed by atoms with Crippen LogP contribution in [0.4, 0.5) is 0 Å². The summed E-state index contributed by atoms with van der Waals surface area (Å²) >= 11 is 1.35. The number of hydrogen-bond donors (Lipinski definition) is 2. The van der Waals surface area contributed by atoms with E-state index in [1.54, 1.807) is 20.8 Å². The topological polar surface area (TPSA) is 138 Å². The molecule has 0 unspecified atom stereocenters. The van der Waals surface area contributed by atoms with Gasteiger partial charge in [0, 0.05) is 49.7 Å². The molecule has 3 heterocycles. The van der Waals surface area contributed by atoms with Crippen molar-refractivity contribution >= 4 is 39.6 Å². The Morgan fingerprint density at radius 3 is 2.37 bits per heavy atom. The van der Waals surface area contributed by atoms with E-state index in [2.05, 4.69) is 15.6 Å². The van der Waals surface area contributed by atoms with Gasteiger partial charge in [-0.25, -0.2) is 13.2 Å². The predicted molar refractivity (Wildman–Crippen MR) is 165 cm³/mol. The number of amides is 2. The number of ether oxygens (including phenoxy) is 1. The van der Waals surface area contributed by atoms with Crippen LogP contribution in [0, 0.1) is 0 Å². The number of piperazine rings is 1. The van der Waals surface area contributed by atoms with Crippen molar-refractivity contribution in [3.63, 3.8) is 0 Å². The molecular weight excluding hydrogens is 590 g/mol. The second-order valence-corrected chi connectivity index (χ2v) is 15.8. The molecule has 2 saturated heterocycles. The number of nitrogens with one attached hydrogen (secondary N) is 2. The lowest BCUT2D eigenvalue weighted by molar-refractivity contribution is -0.158. The standard InChI is InChI=1S/C30H41N5O6S2/c1-29(2,3)41-28(38)24(17-21-8-10-22(11-9-21)18-25(36)34-15-13-31-14-16-34)33-27(37)26-30(4,5)42-20-35(26)43(39,40)23-7-6-12-32-19-23/h6-12,19,24,26,31H,13-18,20H2,1-5H3,(H,33,37)/t24-,26+/m0/s1. The molecule has 13 heteroatoms. The van der Waals surface area contributed by atoms with Gasteiger partial charge in [-0.15, -0.1) is 11.8 Å². The first-order valence-electron chi connectivity index (χ1n) is 14.3. The van der Waals surface area contributed by atoms with E-state index in [4.69, 9.17) is 4.74 Å². The van der Waals surface area contributed by atoms with Crippen LogP contribution in [0.25, 0.3) is 0 Å². The molecular formula is C30H41N5O6S2. The first-order chi connectivity index (χ1) is 20.2. The highest BCUT2D eigenvalue weighted by molar-refractivity contribution is 8.02. The molecule has 4 rings (SSSR count). The number of carbonyl (C=O) groups is 3. The zero-order valence-electron chi connectivity index (χ0n) is 25.3. The Bertz CT molecular complexity index is 1400. The Balaban J connectivity index is 1.52. The van der Waals surface area contributed by atoms with Crippen molar-refractivity contribution in [2.24, 2.45) is 0 Å². The summed E-state index contributed by atoms with van der Waals surface area (Å²) in [4.78, 5) is 45.6. The van der Waals surface area contributed by atoms with Crippen molar-refractivity contribution in [2.75, 3.05) is 32.1 Å². The maximum atomic E-state index is 13.8. The molecule has 2 amide bonds. The van der Waals surface area contributed by atoms with Crippen LogP contribution in [0.15, 0.2) is 53.7 Å². The largest absolute Gasteiger partial charge is 0.458 e. The molecule has 0 bridgehead atoms. The number of esters is 1. The second kappa shape index (κ2) is 13.3. The van der Waals surface area contributed by atoms with Gasteiger partial charge in [0.1, 0.15) is 22.6 Å². The summed E-state index contributed by atoms with van der Waals surface area (Å²) in [6.07, 6.45) is 3.14. The van der Waals surface area contributed by atoms with Gasteiger partial charge in [0.15, 0.2) is 0 Å². The minimum absolute atomic E-state index is 0.00897. The van der Waals surface area contributed by atoms with Gasteiger partial charge in [-0.1, -0.05) is 24.3 Å². The predicted octanol–water partition coefficient (Wildman–Crippen LogP) is 1.97. The van der Waals surface area contributed by atoms with E-state index >= 15 is 0 Å². The third-order valence-corrected chi connectivity index (χ3v) is 10.6. The van der Waals surface area contributed by atoms with Crippen molar-refractivity contribution in [1.29, 1.82) is 0 Å². The highest BCUT2D eigenvalue weighted by atomic mass is 32.2. The summed E-state index contributed by atoms with van der Waals surface area (Å²) in [5, 5.41) is 6.05. The maximum absolute atomic E-state index is 13.8. The number of benzene rings is 1. The first kappa shape index (κ1) is 32.9. The Morgan fingerprint density at radius 1 is 1.12 bits per heavy atom. The summed E-state index contributed by atoms with van der Waals surface area (Å²) in [7, 11) is -4.03. The Labute approximate surface area is 258 Å². The van der Waals surface area contributed by atoms with Crippen LogP contribution in [-0.2, 0) is 42.0 Å². The van der Waals surface area contributed by atoms with Crippen molar-refractivity contribution < 1.29 is 27.5 Å². The minimum Gasteiger partial charge on any atom is -0.458 e. The minimum atomic E-state index is -4.03. The van der Waals surface area contributed by atoms with E-state index in [0.29, 0.717) is 13.1 Å². The molecule has 43 heavy (non-hydrogen) atoms. The summed E-state index contributed by atoms with van der Waals surface area (Å²) < 4.78 is 33.1. The van der Waals surface area contributed by atoms with Crippen LogP contribution >= 0.6 is 11.8 Å². The number of aromatic nitrogens is 1. The van der Waals surface area contributed by atoms with Crippen LogP contribution < -0.4 is 10.6 Å². The summed E-state index contributed by atoms with van der Waals surface area (Å²) in [6, 6.07) is 8.19. The molecule has 2 aliphatic heterocycles. The van der Waals surface area contributed by atoms with Gasteiger partial charge >= 0.3 is 5.97 Å². The van der Waals surface area contributed by atoms with Gasteiger partial charge in [0.25, 0.3) is 0 Å². The van der Waals surface area contributed by atoms with Crippen LogP contribution in [0.2, 0.25) is 0 Å². The molecule has 1 aromatic carbocycles. The molecule has 2 aromatic rings. The molecule has 0 saturated carbocycles. The van der Waals surface area contributed by atoms with Gasteiger partial charge in [-0.3, -0.25) is 14.6 Å². The average molecular weight is 632 g/mol. The number of thioether (sulfide) groups is 1. The average Bonchev–Trinajstić information content (AvgIpc) is 3.29. The van der Waals surface area contributed by atoms with Crippen molar-refractivity contribution in [1.82, 2.24) is 24.8 Å². The molecule has 1 aromatic heterocycles. The smallest absolute Gasteiger partial charge is 0.329 e. The summed E-state index contributed by atoms with van der Waals surface area (Å²) in [6.45, 7) is 11.8. The third-order valence-electron chi connectivity index (χ3n) is 7.30. The number of rotatable bonds is 9. The van der Waals surface area contributed by atoms with Crippen molar-refractivity contribution in [3.05, 3.63) is 59.9 Å². The van der Waals surface area contributed by atoms with Crippen molar-refractivity contribution in [3.8, 4) is 0 Å². The molecule has 234 valence electrons. The van der Waals surface area contributed by atoms with Gasteiger partial charge in [-0.2, -0.15) is 4.31 Å². The lowest BCUT2D eigenvalue weighted by Crippen LogP contribution is -2.57. The zero-order chi connectivity index (χ0) is 31.4. The van der Waals surface area contributed by atoms with Crippen LogP contribution in [0.1, 0.15) is 45.7 Å². The van der Waals surface area contributed by atoms with Crippen LogP contribution in [0.3, 0.4) is 0 Å². The fourth-order valence-electron chi connectivity index (χ4n) is 5.07. The molecule has 2 N–H and O–H groups in total. The number of pyridine rings is 1. The van der Waals surface area contributed by atoms with Gasteiger partial charge in [-0.05, 0) is 57.9 Å². The second-order valence-electron chi connectivity index (χ2n) is 12.3. The molecule has 2 atom stereocenters. The molecule has 2 aliphatic rings. The van der Waals surface area contributed by atoms with E-state index in [0.717, 1.165) is 24.2 Å². The summed E-state index contributed by atoms with van der Waals surface area (Å²) in [5.41, 5.74) is 0.812. The number of sulfonamides is 1. The van der Waals surface area contributed by atoms with Gasteiger partial charge < -0.3 is 20.3 Å². The number of carbonyl (C=O) groups excluding carboxylic acids is 3. The van der Waals surface area contributed by atoms with Gasteiger partial charge in [0.05, 0.1) is 12.3 Å². The third kappa shape index (κ3) is 8.34. The molecule has 0 radical (unpaired) electrons. The van der Waals surface area contributed by atoms with Crippen LogP contribution in [-0.4, -0.2) is 94.9 Å². The monoisotopic (exact) mass is 631 g/mol. The lowest BCUT2D eigenvalue weighted by Gasteiger charge is -2.32. The first-order valence-corrected chi connectivity index (χ1v) is 16.8. The quantitative estimate of drug-likeness (QED) is 0.398. The fourth-order valence-corrected chi connectivity index (χ4v) is 8.20. The molecule has 0 aliphatic carbocycles. The lowest BCUT2D eigenvalue weighted by atomic mass is 10.00. The Hall–Kier alpha value is -3.00. The van der Waals surface area contributed by atoms with Gasteiger partial charge in [0.2, 0.25) is 21.8 Å². The highest BCUT2D eigenvalue weighted by Gasteiger charge is 2.51. The molecule has 11 nitrogen and oxygen atoms in total. The highest BCUT2D eigenvalue weighted by Crippen LogP contribution is 2.42. The molecule has 2 fully saturated rings. The van der Waals surface area contributed by atoms with E-state index in [1.807, 2.05) is 43.0 Å². The fraction of sp³-hybridized carbons (Fsp3) is 0.533. The van der Waals surface area contributed by atoms with E-state index < -0.39 is 44.3 Å². The van der Waals surface area contributed by atoms with E-state index in [-0.39, 0.29) is 29.5 Å². The maximum Gasteiger partial charge on any atom is 0.329 e. The number of nitrogens with zero attached hydrogens (tertiary/aromatic N) is 3.